The topological polar surface area (TPSA) is 0 Å². The smallest absolute Gasteiger partial charge is 0.780 e. The van der Waals surface area contributed by atoms with E-state index in [1.165, 1.54) is 0 Å². The van der Waals surface area contributed by atoms with Crippen molar-refractivity contribution in [3.05, 3.63) is 121 Å². The maximum absolute atomic E-state index is 4.81. The minimum absolute atomic E-state index is 0. The Kier molecular flexibility index (Phi) is 17.3. The summed E-state index contributed by atoms with van der Waals surface area (Å²) < 4.78 is 0. The standard InChI is InChI=1S/4C6H6S.Ge/c4*7-6-4-2-1-3-5-6;/h4*1-5,7H;/q;;;;+4/p-4. The monoisotopic (exact) mass is 510 g/mol. The van der Waals surface area contributed by atoms with Crippen LogP contribution in [0.1, 0.15) is 0 Å². The Balaban J connectivity index is 0.000000356. The zero-order valence-corrected chi connectivity index (χ0v) is 21.0. The van der Waals surface area contributed by atoms with E-state index in [0.717, 1.165) is 19.6 Å². The maximum atomic E-state index is 4.81. The Labute approximate surface area is 207 Å². The Morgan fingerprint density at radius 2 is 0.414 bits per heavy atom. The van der Waals surface area contributed by atoms with Crippen molar-refractivity contribution < 1.29 is 0 Å². The van der Waals surface area contributed by atoms with Crippen LogP contribution in [0.3, 0.4) is 0 Å². The molecule has 4 aromatic rings. The Morgan fingerprint density at radius 3 is 0.483 bits per heavy atom. The molecule has 5 heteroatoms. The molecule has 0 unspecified atom stereocenters. The predicted octanol–water partition coefficient (Wildman–Crippen LogP) is 5.99. The van der Waals surface area contributed by atoms with Crippen LogP contribution in [0.25, 0.3) is 0 Å². The largest absolute Gasteiger partial charge is 4.00 e. The van der Waals surface area contributed by atoms with Crippen LogP contribution in [0.4, 0.5) is 0 Å². The van der Waals surface area contributed by atoms with Crippen LogP contribution in [0, 0.1) is 0 Å². The van der Waals surface area contributed by atoms with Crippen LogP contribution < -0.4 is 0 Å². The molecular weight excluding hydrogens is 489 g/mol. The third-order valence-corrected chi connectivity index (χ3v) is 4.06. The van der Waals surface area contributed by atoms with Crippen molar-refractivity contribution in [1.82, 2.24) is 0 Å². The van der Waals surface area contributed by atoms with E-state index < -0.39 is 0 Å². The molecule has 0 radical (unpaired) electrons. The van der Waals surface area contributed by atoms with E-state index in [0.29, 0.717) is 0 Å². The molecule has 0 atom stereocenters. The fourth-order valence-corrected chi connectivity index (χ4v) is 2.31. The summed E-state index contributed by atoms with van der Waals surface area (Å²) in [7, 11) is 0. The van der Waals surface area contributed by atoms with Gasteiger partial charge in [0.2, 0.25) is 0 Å². The summed E-state index contributed by atoms with van der Waals surface area (Å²) in [4.78, 5) is 3.62. The van der Waals surface area contributed by atoms with Gasteiger partial charge in [-0.25, -0.2) is 0 Å². The van der Waals surface area contributed by atoms with Gasteiger partial charge in [0.05, 0.1) is 0 Å². The summed E-state index contributed by atoms with van der Waals surface area (Å²) in [5.41, 5.74) is 0. The molecular formula is C24H20GeS4. The minimum atomic E-state index is 0. The van der Waals surface area contributed by atoms with Crippen LogP contribution in [-0.2, 0) is 50.5 Å². The van der Waals surface area contributed by atoms with Gasteiger partial charge in [0.15, 0.2) is 0 Å². The van der Waals surface area contributed by atoms with E-state index >= 15 is 0 Å². The van der Waals surface area contributed by atoms with Gasteiger partial charge >= 0.3 is 17.6 Å². The summed E-state index contributed by atoms with van der Waals surface area (Å²) in [6.45, 7) is 0. The van der Waals surface area contributed by atoms with Crippen LogP contribution in [0.15, 0.2) is 141 Å². The third-order valence-electron chi connectivity index (χ3n) is 2.97. The van der Waals surface area contributed by atoms with E-state index in [1.54, 1.807) is 0 Å². The first-order chi connectivity index (χ1) is 13.6. The summed E-state index contributed by atoms with van der Waals surface area (Å²) in [5.74, 6) is 0. The van der Waals surface area contributed by atoms with Gasteiger partial charge in [-0.1, -0.05) is 121 Å². The van der Waals surface area contributed by atoms with Gasteiger partial charge in [0, 0.05) is 0 Å². The number of benzene rings is 4. The molecule has 0 aliphatic rings. The fraction of sp³-hybridized carbons (Fsp3) is 0. The van der Waals surface area contributed by atoms with Crippen LogP contribution in [-0.4, -0.2) is 17.6 Å². The quantitative estimate of drug-likeness (QED) is 0.211. The minimum Gasteiger partial charge on any atom is -0.780 e. The van der Waals surface area contributed by atoms with Crippen molar-refractivity contribution in [2.75, 3.05) is 0 Å². The molecule has 0 aromatic heterocycles. The van der Waals surface area contributed by atoms with Crippen molar-refractivity contribution in [3.8, 4) is 0 Å². The summed E-state index contributed by atoms with van der Waals surface area (Å²) in [6.07, 6.45) is 0. The molecule has 0 bridgehead atoms. The van der Waals surface area contributed by atoms with Gasteiger partial charge in [-0.2, -0.15) is 19.6 Å². The van der Waals surface area contributed by atoms with Gasteiger partial charge in [-0.3, -0.25) is 0 Å². The van der Waals surface area contributed by atoms with Crippen molar-refractivity contribution in [2.45, 2.75) is 19.6 Å². The van der Waals surface area contributed by atoms with Crippen molar-refractivity contribution >= 4 is 68.1 Å². The van der Waals surface area contributed by atoms with E-state index in [9.17, 15) is 0 Å². The van der Waals surface area contributed by atoms with Gasteiger partial charge in [-0.05, 0) is 0 Å². The molecule has 0 N–H and O–H groups in total. The normalized spacial score (nSPS) is 8.28. The molecule has 4 aromatic carbocycles. The zero-order valence-electron chi connectivity index (χ0n) is 15.7. The molecule has 0 amide bonds. The van der Waals surface area contributed by atoms with Gasteiger partial charge in [-0.15, -0.1) is 0 Å². The van der Waals surface area contributed by atoms with Gasteiger partial charge in [0.25, 0.3) is 0 Å². The van der Waals surface area contributed by atoms with Crippen molar-refractivity contribution in [1.29, 1.82) is 0 Å². The molecule has 0 nitrogen and oxygen atoms in total. The summed E-state index contributed by atoms with van der Waals surface area (Å²) in [5, 5.41) is 0. The second-order valence-corrected chi connectivity index (χ2v) is 7.14. The van der Waals surface area contributed by atoms with Crippen LogP contribution >= 0.6 is 0 Å². The summed E-state index contributed by atoms with van der Waals surface area (Å²) >= 11 is 19.2. The van der Waals surface area contributed by atoms with Gasteiger partial charge in [0.1, 0.15) is 0 Å². The Bertz CT molecular complexity index is 693. The van der Waals surface area contributed by atoms with E-state index in [4.69, 9.17) is 50.5 Å². The molecule has 0 spiro atoms. The Morgan fingerprint density at radius 1 is 0.276 bits per heavy atom. The second-order valence-electron chi connectivity index (χ2n) is 5.25. The molecule has 0 fully saturated rings. The van der Waals surface area contributed by atoms with Crippen molar-refractivity contribution in [3.63, 3.8) is 0 Å². The molecule has 0 heterocycles. The van der Waals surface area contributed by atoms with Crippen LogP contribution in [0.2, 0.25) is 0 Å². The SMILES string of the molecule is [Ge+4].[S-]c1ccccc1.[S-]c1ccccc1.[S-]c1ccccc1.[S-]c1ccccc1. The van der Waals surface area contributed by atoms with Crippen LogP contribution in [0.5, 0.6) is 0 Å². The number of rotatable bonds is 0. The third kappa shape index (κ3) is 16.9. The Hall–Kier alpha value is -1.70. The molecule has 0 aliphatic carbocycles. The average molecular weight is 509 g/mol. The first kappa shape index (κ1) is 27.3. The predicted molar refractivity (Wildman–Crippen MR) is 134 cm³/mol. The number of hydrogen-bond donors (Lipinski definition) is 0. The molecule has 0 aliphatic heterocycles. The van der Waals surface area contributed by atoms with Crippen molar-refractivity contribution in [2.24, 2.45) is 0 Å². The summed E-state index contributed by atoms with van der Waals surface area (Å²) in [6, 6.07) is 38.5. The molecule has 0 saturated heterocycles. The first-order valence-corrected chi connectivity index (χ1v) is 10.1. The molecule has 4 rings (SSSR count). The first-order valence-electron chi connectivity index (χ1n) is 8.46. The molecule has 144 valence electrons. The molecule has 29 heavy (non-hydrogen) atoms. The number of hydrogen-bond acceptors (Lipinski definition) is 4. The fourth-order valence-electron chi connectivity index (χ4n) is 1.68. The van der Waals surface area contributed by atoms with E-state index in [2.05, 4.69) is 0 Å². The van der Waals surface area contributed by atoms with E-state index in [-0.39, 0.29) is 17.6 Å². The average Bonchev–Trinajstić information content (AvgIpc) is 2.72. The maximum Gasteiger partial charge on any atom is 4.00 e. The molecule has 0 saturated carbocycles. The van der Waals surface area contributed by atoms with E-state index in [1.807, 2.05) is 121 Å². The zero-order chi connectivity index (χ0) is 20.5. The van der Waals surface area contributed by atoms with Gasteiger partial charge < -0.3 is 50.5 Å². The second kappa shape index (κ2) is 18.3.